The number of nitrogens with zero attached hydrogens (tertiary/aromatic N) is 4. The summed E-state index contributed by atoms with van der Waals surface area (Å²) in [6.45, 7) is 3.85. The predicted octanol–water partition coefficient (Wildman–Crippen LogP) is 3.44. The zero-order chi connectivity index (χ0) is 19.4. The highest BCUT2D eigenvalue weighted by Gasteiger charge is 2.06. The van der Waals surface area contributed by atoms with Gasteiger partial charge in [-0.3, -0.25) is 14.9 Å². The first-order chi connectivity index (χ1) is 12.9. The van der Waals surface area contributed by atoms with Gasteiger partial charge < -0.3 is 5.32 Å². The zero-order valence-corrected chi connectivity index (χ0v) is 14.8. The molecule has 3 aromatic rings. The number of rotatable bonds is 5. The van der Waals surface area contributed by atoms with E-state index in [0.717, 1.165) is 11.4 Å². The Balaban J connectivity index is 1.66. The molecule has 2 heterocycles. The van der Waals surface area contributed by atoms with Crippen molar-refractivity contribution in [1.82, 2.24) is 14.8 Å². The lowest BCUT2D eigenvalue weighted by atomic mass is 10.2. The van der Waals surface area contributed by atoms with Crippen LogP contribution in [-0.4, -0.2) is 25.6 Å². The van der Waals surface area contributed by atoms with Gasteiger partial charge in [-0.15, -0.1) is 0 Å². The third-order valence-corrected chi connectivity index (χ3v) is 3.75. The molecule has 27 heavy (non-hydrogen) atoms. The van der Waals surface area contributed by atoms with Gasteiger partial charge in [-0.05, 0) is 43.7 Å². The van der Waals surface area contributed by atoms with Crippen LogP contribution < -0.4 is 5.32 Å². The predicted molar refractivity (Wildman–Crippen MR) is 102 cm³/mol. The van der Waals surface area contributed by atoms with Crippen LogP contribution in [0.15, 0.2) is 54.7 Å². The van der Waals surface area contributed by atoms with Crippen molar-refractivity contribution in [3.8, 4) is 5.82 Å². The molecule has 0 aliphatic carbocycles. The van der Waals surface area contributed by atoms with E-state index in [2.05, 4.69) is 15.4 Å². The van der Waals surface area contributed by atoms with E-state index in [1.165, 1.54) is 24.3 Å². The Kier molecular flexibility index (Phi) is 5.07. The number of carbonyl (C=O) groups excluding carboxylic acids is 1. The van der Waals surface area contributed by atoms with Crippen molar-refractivity contribution in [3.63, 3.8) is 0 Å². The van der Waals surface area contributed by atoms with E-state index in [9.17, 15) is 14.9 Å². The van der Waals surface area contributed by atoms with Gasteiger partial charge in [0.1, 0.15) is 0 Å². The Morgan fingerprint density at radius 2 is 2.04 bits per heavy atom. The summed E-state index contributed by atoms with van der Waals surface area (Å²) in [7, 11) is 0. The van der Waals surface area contributed by atoms with Crippen LogP contribution in [0, 0.1) is 24.0 Å². The Morgan fingerprint density at radius 3 is 2.67 bits per heavy atom. The quantitative estimate of drug-likeness (QED) is 0.425. The number of hydrogen-bond donors (Lipinski definition) is 1. The van der Waals surface area contributed by atoms with E-state index in [-0.39, 0.29) is 11.6 Å². The van der Waals surface area contributed by atoms with Crippen LogP contribution in [-0.2, 0) is 4.79 Å². The van der Waals surface area contributed by atoms with Crippen molar-refractivity contribution in [1.29, 1.82) is 0 Å². The minimum atomic E-state index is -0.479. The summed E-state index contributed by atoms with van der Waals surface area (Å²) in [5.74, 6) is 0.299. The lowest BCUT2D eigenvalue weighted by molar-refractivity contribution is -0.384. The molecule has 8 nitrogen and oxygen atoms in total. The fraction of sp³-hybridized carbons (Fsp3) is 0.105. The molecule has 1 amide bonds. The molecule has 0 fully saturated rings. The van der Waals surface area contributed by atoms with Crippen LogP contribution in [0.4, 0.5) is 11.4 Å². The number of non-ortho nitro benzene ring substituents is 1. The van der Waals surface area contributed by atoms with Crippen LogP contribution in [0.3, 0.4) is 0 Å². The fourth-order valence-corrected chi connectivity index (χ4v) is 2.54. The highest BCUT2D eigenvalue weighted by Crippen LogP contribution is 2.15. The maximum absolute atomic E-state index is 12.0. The number of aromatic nitrogens is 3. The van der Waals surface area contributed by atoms with E-state index in [4.69, 9.17) is 0 Å². The minimum Gasteiger partial charge on any atom is -0.321 e. The first-order valence-electron chi connectivity index (χ1n) is 8.15. The van der Waals surface area contributed by atoms with Crippen LogP contribution in [0.1, 0.15) is 17.0 Å². The number of benzene rings is 1. The second-order valence-corrected chi connectivity index (χ2v) is 5.92. The average Bonchev–Trinajstić information content (AvgIpc) is 2.99. The standard InChI is InChI=1S/C19H17N5O3/c1-13-10-14(2)23(22-13)18-8-7-16(12-20-18)21-19(25)9-6-15-4-3-5-17(11-15)24(26)27/h3-12H,1-2H3,(H,21,25)/b9-6+. The van der Waals surface area contributed by atoms with Crippen molar-refractivity contribution >= 4 is 23.4 Å². The Bertz CT molecular complexity index is 1020. The van der Waals surface area contributed by atoms with E-state index in [0.29, 0.717) is 17.1 Å². The van der Waals surface area contributed by atoms with Gasteiger partial charge in [0.2, 0.25) is 5.91 Å². The largest absolute Gasteiger partial charge is 0.321 e. The summed E-state index contributed by atoms with van der Waals surface area (Å²) in [4.78, 5) is 26.6. The summed E-state index contributed by atoms with van der Waals surface area (Å²) >= 11 is 0. The topological polar surface area (TPSA) is 103 Å². The van der Waals surface area contributed by atoms with E-state index < -0.39 is 4.92 Å². The molecule has 0 aliphatic heterocycles. The third-order valence-electron chi connectivity index (χ3n) is 3.75. The van der Waals surface area contributed by atoms with Gasteiger partial charge in [-0.25, -0.2) is 9.67 Å². The molecule has 0 saturated carbocycles. The molecule has 3 rings (SSSR count). The number of carbonyl (C=O) groups is 1. The van der Waals surface area contributed by atoms with Crippen LogP contribution in [0.5, 0.6) is 0 Å². The number of pyridine rings is 1. The van der Waals surface area contributed by atoms with E-state index in [1.54, 1.807) is 35.1 Å². The van der Waals surface area contributed by atoms with Crippen molar-refractivity contribution in [2.45, 2.75) is 13.8 Å². The molecule has 136 valence electrons. The van der Waals surface area contributed by atoms with Crippen LogP contribution in [0.25, 0.3) is 11.9 Å². The Morgan fingerprint density at radius 1 is 1.22 bits per heavy atom. The number of nitro benzene ring substituents is 1. The summed E-state index contributed by atoms with van der Waals surface area (Å²) in [6, 6.07) is 11.5. The monoisotopic (exact) mass is 363 g/mol. The molecular formula is C19H17N5O3. The lowest BCUT2D eigenvalue weighted by Gasteiger charge is -2.05. The first kappa shape index (κ1) is 18.0. The number of amides is 1. The fourth-order valence-electron chi connectivity index (χ4n) is 2.54. The molecule has 0 bridgehead atoms. The Labute approximate surface area is 155 Å². The normalized spacial score (nSPS) is 10.9. The van der Waals surface area contributed by atoms with Gasteiger partial charge in [0.25, 0.3) is 5.69 Å². The zero-order valence-electron chi connectivity index (χ0n) is 14.8. The first-order valence-corrected chi connectivity index (χ1v) is 8.15. The SMILES string of the molecule is Cc1cc(C)n(-c2ccc(NC(=O)/C=C/c3cccc([N+](=O)[O-])c3)cn2)n1. The van der Waals surface area contributed by atoms with Crippen molar-refractivity contribution in [3.05, 3.63) is 81.8 Å². The van der Waals surface area contributed by atoms with E-state index >= 15 is 0 Å². The number of nitro groups is 1. The number of aryl methyl sites for hydroxylation is 2. The van der Waals surface area contributed by atoms with Gasteiger partial charge in [-0.2, -0.15) is 5.10 Å². The molecule has 2 aromatic heterocycles. The van der Waals surface area contributed by atoms with Crippen LogP contribution >= 0.6 is 0 Å². The van der Waals surface area contributed by atoms with E-state index in [1.807, 2.05) is 19.9 Å². The Hall–Kier alpha value is -3.81. The summed E-state index contributed by atoms with van der Waals surface area (Å²) in [6.07, 6.45) is 4.37. The van der Waals surface area contributed by atoms with Crippen molar-refractivity contribution in [2.24, 2.45) is 0 Å². The molecule has 0 unspecified atom stereocenters. The highest BCUT2D eigenvalue weighted by molar-refractivity contribution is 6.01. The smallest absolute Gasteiger partial charge is 0.270 e. The molecule has 1 N–H and O–H groups in total. The van der Waals surface area contributed by atoms with Gasteiger partial charge >= 0.3 is 0 Å². The van der Waals surface area contributed by atoms with Gasteiger partial charge in [0, 0.05) is 23.9 Å². The van der Waals surface area contributed by atoms with Crippen molar-refractivity contribution in [2.75, 3.05) is 5.32 Å². The molecule has 0 radical (unpaired) electrons. The molecule has 0 aliphatic rings. The van der Waals surface area contributed by atoms with Crippen molar-refractivity contribution < 1.29 is 9.72 Å². The molecule has 0 atom stereocenters. The average molecular weight is 363 g/mol. The maximum atomic E-state index is 12.0. The second kappa shape index (κ2) is 7.61. The third kappa shape index (κ3) is 4.43. The summed E-state index contributed by atoms with van der Waals surface area (Å²) in [5.41, 5.74) is 2.95. The van der Waals surface area contributed by atoms with Crippen LogP contribution in [0.2, 0.25) is 0 Å². The molecule has 0 spiro atoms. The second-order valence-electron chi connectivity index (χ2n) is 5.92. The van der Waals surface area contributed by atoms with Gasteiger partial charge in [-0.1, -0.05) is 12.1 Å². The van der Waals surface area contributed by atoms with Gasteiger partial charge in [0.05, 0.1) is 22.5 Å². The summed E-state index contributed by atoms with van der Waals surface area (Å²) < 4.78 is 1.73. The minimum absolute atomic E-state index is 0.0264. The molecule has 0 saturated heterocycles. The summed E-state index contributed by atoms with van der Waals surface area (Å²) in [5, 5.41) is 17.8. The maximum Gasteiger partial charge on any atom is 0.270 e. The molecular weight excluding hydrogens is 346 g/mol. The lowest BCUT2D eigenvalue weighted by Crippen LogP contribution is -2.09. The number of hydrogen-bond acceptors (Lipinski definition) is 5. The number of anilines is 1. The number of nitrogens with one attached hydrogen (secondary N) is 1. The van der Waals surface area contributed by atoms with Gasteiger partial charge in [0.15, 0.2) is 5.82 Å². The molecule has 1 aromatic carbocycles. The highest BCUT2D eigenvalue weighted by atomic mass is 16.6. The molecule has 8 heteroatoms.